The first-order chi connectivity index (χ1) is 8.34. The van der Waals surface area contributed by atoms with Gasteiger partial charge in [-0.05, 0) is 56.3 Å². The van der Waals surface area contributed by atoms with Crippen LogP contribution in [0.4, 0.5) is 0 Å². The van der Waals surface area contributed by atoms with Crippen molar-refractivity contribution in [3.63, 3.8) is 0 Å². The molecule has 18 heavy (non-hydrogen) atoms. The summed E-state index contributed by atoms with van der Waals surface area (Å²) in [5, 5.41) is 0. The molecule has 2 heteroatoms. The second-order valence-corrected chi connectivity index (χ2v) is 7.28. The third-order valence-corrected chi connectivity index (χ3v) is 6.83. The van der Waals surface area contributed by atoms with Gasteiger partial charge in [-0.15, -0.1) is 0 Å². The molecular weight excluding hydrogens is 224 g/mol. The van der Waals surface area contributed by atoms with E-state index in [2.05, 4.69) is 34.6 Å². The maximum Gasteiger partial charge on any atom is 0.293 e. The van der Waals surface area contributed by atoms with Crippen LogP contribution in [0, 0.1) is 22.7 Å². The number of ether oxygens (including phenoxy) is 1. The summed E-state index contributed by atoms with van der Waals surface area (Å²) >= 11 is 0. The third kappa shape index (κ3) is 1.57. The van der Waals surface area contributed by atoms with Gasteiger partial charge in [0.05, 0.1) is 0 Å². The predicted molar refractivity (Wildman–Crippen MR) is 73.2 cm³/mol. The minimum atomic E-state index is -0.290. The first-order valence-corrected chi connectivity index (χ1v) is 7.45. The van der Waals surface area contributed by atoms with Crippen LogP contribution in [0.2, 0.25) is 0 Å². The normalized spacial score (nSPS) is 46.5. The molecule has 2 fully saturated rings. The summed E-state index contributed by atoms with van der Waals surface area (Å²) in [4.78, 5) is 10.8. The maximum atomic E-state index is 10.8. The highest BCUT2D eigenvalue weighted by molar-refractivity contribution is 5.39. The lowest BCUT2D eigenvalue weighted by atomic mass is 9.49. The van der Waals surface area contributed by atoms with Crippen LogP contribution < -0.4 is 0 Å². The average Bonchev–Trinajstić information content (AvgIpc) is 2.64. The molecule has 0 aromatic heterocycles. The zero-order chi connectivity index (χ0) is 13.6. The number of hydrogen-bond donors (Lipinski definition) is 0. The Hall–Kier alpha value is -0.530. The quantitative estimate of drug-likeness (QED) is 0.704. The summed E-state index contributed by atoms with van der Waals surface area (Å²) in [5.41, 5.74) is 0.268. The molecule has 0 N–H and O–H groups in total. The topological polar surface area (TPSA) is 26.3 Å². The minimum absolute atomic E-state index is 0.0763. The van der Waals surface area contributed by atoms with Gasteiger partial charge < -0.3 is 4.74 Å². The molecule has 2 aliphatic rings. The zero-order valence-electron chi connectivity index (χ0n) is 12.6. The van der Waals surface area contributed by atoms with Crippen LogP contribution in [-0.2, 0) is 9.53 Å². The van der Waals surface area contributed by atoms with Crippen molar-refractivity contribution in [3.8, 4) is 0 Å². The van der Waals surface area contributed by atoms with E-state index < -0.39 is 0 Å². The van der Waals surface area contributed by atoms with Crippen molar-refractivity contribution in [1.82, 2.24) is 0 Å². The number of carbonyl (C=O) groups is 1. The van der Waals surface area contributed by atoms with Gasteiger partial charge in [-0.2, -0.15) is 0 Å². The molecule has 104 valence electrons. The Bertz CT molecular complexity index is 336. The highest BCUT2D eigenvalue weighted by atomic mass is 16.5. The first-order valence-electron chi connectivity index (χ1n) is 7.45. The molecule has 0 saturated heterocycles. The SMILES string of the molecule is CC[C@]12CC[C@@](C)(OC=O)C(C)(C)C1CC[C@H]2C. The van der Waals surface area contributed by atoms with E-state index in [1.165, 1.54) is 25.7 Å². The number of rotatable bonds is 3. The molecule has 4 atom stereocenters. The third-order valence-electron chi connectivity index (χ3n) is 6.83. The molecule has 2 saturated carbocycles. The zero-order valence-corrected chi connectivity index (χ0v) is 12.6. The van der Waals surface area contributed by atoms with Crippen LogP contribution in [-0.4, -0.2) is 12.1 Å². The molecule has 0 bridgehead atoms. The fourth-order valence-electron chi connectivity index (χ4n) is 5.09. The largest absolute Gasteiger partial charge is 0.461 e. The Balaban J connectivity index is 2.38. The Labute approximate surface area is 111 Å². The highest BCUT2D eigenvalue weighted by Gasteiger charge is 2.62. The van der Waals surface area contributed by atoms with Crippen LogP contribution >= 0.6 is 0 Å². The number of hydrogen-bond acceptors (Lipinski definition) is 2. The lowest BCUT2D eigenvalue weighted by molar-refractivity contribution is -0.190. The molecule has 2 nitrogen and oxygen atoms in total. The van der Waals surface area contributed by atoms with Crippen LogP contribution in [0.1, 0.15) is 66.7 Å². The highest BCUT2D eigenvalue weighted by Crippen LogP contribution is 2.66. The Kier molecular flexibility index (Phi) is 3.28. The van der Waals surface area contributed by atoms with Crippen LogP contribution in [0.25, 0.3) is 0 Å². The van der Waals surface area contributed by atoms with Gasteiger partial charge in [-0.3, -0.25) is 4.79 Å². The van der Waals surface area contributed by atoms with Crippen molar-refractivity contribution in [2.75, 3.05) is 0 Å². The van der Waals surface area contributed by atoms with E-state index in [1.807, 2.05) is 0 Å². The second kappa shape index (κ2) is 4.25. The molecule has 0 aliphatic heterocycles. The van der Waals surface area contributed by atoms with Crippen molar-refractivity contribution in [2.24, 2.45) is 22.7 Å². The number of carbonyl (C=O) groups excluding carboxylic acids is 1. The van der Waals surface area contributed by atoms with Gasteiger partial charge in [-0.25, -0.2) is 0 Å². The molecule has 0 aromatic rings. The van der Waals surface area contributed by atoms with Gasteiger partial charge in [0.25, 0.3) is 6.47 Å². The molecule has 1 unspecified atom stereocenters. The van der Waals surface area contributed by atoms with Crippen molar-refractivity contribution >= 4 is 6.47 Å². The van der Waals surface area contributed by atoms with Gasteiger partial charge in [0.15, 0.2) is 0 Å². The molecule has 0 radical (unpaired) electrons. The van der Waals surface area contributed by atoms with Gasteiger partial charge in [-0.1, -0.05) is 27.7 Å². The smallest absolute Gasteiger partial charge is 0.293 e. The molecule has 2 rings (SSSR count). The molecule has 0 amide bonds. The Morgan fingerprint density at radius 3 is 2.44 bits per heavy atom. The lowest BCUT2D eigenvalue weighted by Crippen LogP contribution is -2.57. The number of fused-ring (bicyclic) bond motifs is 1. The van der Waals surface area contributed by atoms with Crippen LogP contribution in [0.5, 0.6) is 0 Å². The van der Waals surface area contributed by atoms with Gasteiger partial charge >= 0.3 is 0 Å². The summed E-state index contributed by atoms with van der Waals surface area (Å²) in [7, 11) is 0. The van der Waals surface area contributed by atoms with E-state index in [-0.39, 0.29) is 11.0 Å². The van der Waals surface area contributed by atoms with Crippen molar-refractivity contribution in [1.29, 1.82) is 0 Å². The Morgan fingerprint density at radius 2 is 1.89 bits per heavy atom. The summed E-state index contributed by atoms with van der Waals surface area (Å²) in [6.45, 7) is 12.2. The maximum absolute atomic E-state index is 10.8. The van der Waals surface area contributed by atoms with Gasteiger partial charge in [0.1, 0.15) is 5.60 Å². The summed E-state index contributed by atoms with van der Waals surface area (Å²) in [6, 6.07) is 0. The Morgan fingerprint density at radius 1 is 1.22 bits per heavy atom. The van der Waals surface area contributed by atoms with E-state index in [0.29, 0.717) is 17.8 Å². The van der Waals surface area contributed by atoms with Gasteiger partial charge in [0.2, 0.25) is 0 Å². The van der Waals surface area contributed by atoms with E-state index in [0.717, 1.165) is 12.3 Å². The molecule has 0 heterocycles. The fourth-order valence-corrected chi connectivity index (χ4v) is 5.09. The first kappa shape index (κ1) is 13.9. The van der Waals surface area contributed by atoms with E-state index >= 15 is 0 Å². The molecular formula is C16H28O2. The van der Waals surface area contributed by atoms with E-state index in [1.54, 1.807) is 0 Å². The molecule has 0 spiro atoms. The van der Waals surface area contributed by atoms with Crippen LogP contribution in [0.3, 0.4) is 0 Å². The average molecular weight is 252 g/mol. The summed E-state index contributed by atoms with van der Waals surface area (Å²) in [6.07, 6.45) is 6.11. The molecule has 0 aromatic carbocycles. The predicted octanol–water partition coefficient (Wildman–Crippen LogP) is 4.18. The standard InChI is InChI=1S/C16H28O2/c1-6-16-10-9-15(5,18-11-17)14(3,4)13(16)8-7-12(16)2/h11-13H,6-10H2,1-5H3/t12-,13?,15-,16-/m1/s1. The molecule has 2 aliphatic carbocycles. The van der Waals surface area contributed by atoms with Crippen molar-refractivity contribution in [3.05, 3.63) is 0 Å². The van der Waals surface area contributed by atoms with E-state index in [4.69, 9.17) is 4.74 Å². The minimum Gasteiger partial charge on any atom is -0.461 e. The summed E-state index contributed by atoms with van der Waals surface area (Å²) < 4.78 is 5.54. The monoisotopic (exact) mass is 252 g/mol. The van der Waals surface area contributed by atoms with Crippen molar-refractivity contribution in [2.45, 2.75) is 72.3 Å². The van der Waals surface area contributed by atoms with Gasteiger partial charge in [0, 0.05) is 5.41 Å². The fraction of sp³-hybridized carbons (Fsp3) is 0.938. The van der Waals surface area contributed by atoms with E-state index in [9.17, 15) is 4.79 Å². The second-order valence-electron chi connectivity index (χ2n) is 7.28. The van der Waals surface area contributed by atoms with Crippen LogP contribution in [0.15, 0.2) is 0 Å². The van der Waals surface area contributed by atoms with Crippen molar-refractivity contribution < 1.29 is 9.53 Å². The summed E-state index contributed by atoms with van der Waals surface area (Å²) in [5.74, 6) is 1.50. The lowest BCUT2D eigenvalue weighted by Gasteiger charge is -2.58.